The minimum atomic E-state index is -4.06. The minimum Gasteiger partial charge on any atom is -0.478 e. The zero-order valence-electron chi connectivity index (χ0n) is 15.2. The topological polar surface area (TPSA) is 144 Å². The van der Waals surface area contributed by atoms with Crippen LogP contribution in [-0.4, -0.2) is 30.3 Å². The number of nitrogens with zero attached hydrogens (tertiary/aromatic N) is 1. The van der Waals surface area contributed by atoms with Gasteiger partial charge in [0.15, 0.2) is 0 Å². The SMILES string of the molecule is O=C(O)c1cccc(S(=O)(=O)c2cccc(C(=O)Nc3ccc([N+](=O)[O-])cc3)c2)c1. The molecule has 0 bridgehead atoms. The number of carboxylic acids is 1. The molecular weight excluding hydrogens is 412 g/mol. The number of hydrogen-bond acceptors (Lipinski definition) is 6. The fraction of sp³-hybridized carbons (Fsp3) is 0. The third kappa shape index (κ3) is 4.33. The van der Waals surface area contributed by atoms with Crippen molar-refractivity contribution in [3.8, 4) is 0 Å². The number of carboxylic acid groups (broad SMARTS) is 1. The molecule has 0 aliphatic carbocycles. The molecule has 0 aliphatic heterocycles. The molecule has 3 rings (SSSR count). The molecule has 9 nitrogen and oxygen atoms in total. The number of hydrogen-bond donors (Lipinski definition) is 2. The lowest BCUT2D eigenvalue weighted by Crippen LogP contribution is -2.13. The molecule has 0 saturated carbocycles. The largest absolute Gasteiger partial charge is 0.478 e. The summed E-state index contributed by atoms with van der Waals surface area (Å²) in [5.74, 6) is -1.87. The van der Waals surface area contributed by atoms with Crippen LogP contribution in [0.5, 0.6) is 0 Å². The standard InChI is InChI=1S/C20H14N2O7S/c23-19(21-15-7-9-16(10-8-15)22(26)27)13-3-1-5-17(11-13)30(28,29)18-6-2-4-14(12-18)20(24)25/h1-12H,(H,21,23)(H,24,25). The number of benzene rings is 3. The number of non-ortho nitro benzene ring substituents is 1. The van der Waals surface area contributed by atoms with E-state index in [1.165, 1.54) is 66.7 Å². The highest BCUT2D eigenvalue weighted by atomic mass is 32.2. The molecule has 3 aromatic rings. The maximum Gasteiger partial charge on any atom is 0.335 e. The molecule has 0 atom stereocenters. The Balaban J connectivity index is 1.88. The predicted octanol–water partition coefficient (Wildman–Crippen LogP) is 3.38. The molecule has 2 N–H and O–H groups in total. The Labute approximate surface area is 170 Å². The Morgan fingerprint density at radius 3 is 1.93 bits per heavy atom. The van der Waals surface area contributed by atoms with E-state index < -0.39 is 26.6 Å². The van der Waals surface area contributed by atoms with Gasteiger partial charge in [-0.15, -0.1) is 0 Å². The summed E-state index contributed by atoms with van der Waals surface area (Å²) >= 11 is 0. The van der Waals surface area contributed by atoms with E-state index >= 15 is 0 Å². The molecule has 1 amide bonds. The van der Waals surface area contributed by atoms with Gasteiger partial charge in [0.2, 0.25) is 9.84 Å². The molecule has 0 aromatic heterocycles. The molecule has 10 heteroatoms. The van der Waals surface area contributed by atoms with E-state index in [1.807, 2.05) is 0 Å². The highest BCUT2D eigenvalue weighted by Crippen LogP contribution is 2.23. The van der Waals surface area contributed by atoms with E-state index in [4.69, 9.17) is 5.11 Å². The maximum absolute atomic E-state index is 12.9. The van der Waals surface area contributed by atoms with Crippen molar-refractivity contribution < 1.29 is 28.0 Å². The number of carbonyl (C=O) groups is 2. The second kappa shape index (κ2) is 8.13. The van der Waals surface area contributed by atoms with Crippen LogP contribution in [0.25, 0.3) is 0 Å². The van der Waals surface area contributed by atoms with Crippen LogP contribution in [0.15, 0.2) is 82.6 Å². The van der Waals surface area contributed by atoms with E-state index in [2.05, 4.69) is 5.32 Å². The van der Waals surface area contributed by atoms with Gasteiger partial charge in [-0.25, -0.2) is 13.2 Å². The quantitative estimate of drug-likeness (QED) is 0.454. The summed E-state index contributed by atoms with van der Waals surface area (Å²) in [6.45, 7) is 0. The zero-order valence-corrected chi connectivity index (χ0v) is 16.0. The molecule has 152 valence electrons. The fourth-order valence-electron chi connectivity index (χ4n) is 2.61. The second-order valence-corrected chi connectivity index (χ2v) is 8.07. The first-order valence-corrected chi connectivity index (χ1v) is 9.91. The zero-order chi connectivity index (χ0) is 21.9. The van der Waals surface area contributed by atoms with Gasteiger partial charge in [0.25, 0.3) is 11.6 Å². The highest BCUT2D eigenvalue weighted by Gasteiger charge is 2.20. The lowest BCUT2D eigenvalue weighted by molar-refractivity contribution is -0.384. The number of nitro benzene ring substituents is 1. The van der Waals surface area contributed by atoms with Crippen LogP contribution in [0, 0.1) is 10.1 Å². The molecule has 0 aliphatic rings. The molecule has 0 spiro atoms. The van der Waals surface area contributed by atoms with Gasteiger partial charge >= 0.3 is 5.97 Å². The van der Waals surface area contributed by atoms with Crippen molar-refractivity contribution in [3.05, 3.63) is 94.0 Å². The first-order chi connectivity index (χ1) is 14.2. The smallest absolute Gasteiger partial charge is 0.335 e. The lowest BCUT2D eigenvalue weighted by atomic mass is 10.2. The molecule has 0 saturated heterocycles. The number of rotatable bonds is 6. The van der Waals surface area contributed by atoms with Crippen molar-refractivity contribution in [3.63, 3.8) is 0 Å². The van der Waals surface area contributed by atoms with Gasteiger partial charge in [0.05, 0.1) is 20.3 Å². The third-order valence-corrected chi connectivity index (χ3v) is 5.88. The summed E-state index contributed by atoms with van der Waals surface area (Å²) in [4.78, 5) is 33.3. The van der Waals surface area contributed by atoms with Crippen LogP contribution >= 0.6 is 0 Å². The van der Waals surface area contributed by atoms with E-state index in [1.54, 1.807) is 0 Å². The molecule has 0 unspecified atom stereocenters. The summed E-state index contributed by atoms with van der Waals surface area (Å²) in [5, 5.41) is 22.3. The molecule has 0 radical (unpaired) electrons. The van der Waals surface area contributed by atoms with Crippen LogP contribution in [-0.2, 0) is 9.84 Å². The summed E-state index contributed by atoms with van der Waals surface area (Å²) in [6, 6.07) is 15.3. The maximum atomic E-state index is 12.9. The number of carbonyl (C=O) groups excluding carboxylic acids is 1. The Bertz CT molecular complexity index is 1250. The number of aromatic carboxylic acids is 1. The van der Waals surface area contributed by atoms with Gasteiger partial charge in [0, 0.05) is 23.4 Å². The van der Waals surface area contributed by atoms with Crippen molar-refractivity contribution in [1.29, 1.82) is 0 Å². The van der Waals surface area contributed by atoms with Crippen molar-refractivity contribution in [1.82, 2.24) is 0 Å². The van der Waals surface area contributed by atoms with Crippen molar-refractivity contribution >= 4 is 33.1 Å². The van der Waals surface area contributed by atoms with Crippen LogP contribution in [0.4, 0.5) is 11.4 Å². The van der Waals surface area contributed by atoms with Crippen LogP contribution in [0.2, 0.25) is 0 Å². The number of anilines is 1. The van der Waals surface area contributed by atoms with Crippen molar-refractivity contribution in [2.45, 2.75) is 9.79 Å². The third-order valence-electron chi connectivity index (χ3n) is 4.13. The van der Waals surface area contributed by atoms with Gasteiger partial charge in [-0.3, -0.25) is 14.9 Å². The number of sulfone groups is 1. The van der Waals surface area contributed by atoms with Crippen LogP contribution in [0.1, 0.15) is 20.7 Å². The average Bonchev–Trinajstić information content (AvgIpc) is 2.74. The van der Waals surface area contributed by atoms with Crippen LogP contribution in [0.3, 0.4) is 0 Å². The van der Waals surface area contributed by atoms with Gasteiger partial charge in [-0.05, 0) is 48.5 Å². The average molecular weight is 426 g/mol. The normalized spacial score (nSPS) is 10.9. The van der Waals surface area contributed by atoms with Gasteiger partial charge in [-0.2, -0.15) is 0 Å². The first kappa shape index (κ1) is 20.7. The molecular formula is C20H14N2O7S. The van der Waals surface area contributed by atoms with Gasteiger partial charge in [0.1, 0.15) is 0 Å². The first-order valence-electron chi connectivity index (χ1n) is 8.43. The highest BCUT2D eigenvalue weighted by molar-refractivity contribution is 7.91. The van der Waals surface area contributed by atoms with Crippen molar-refractivity contribution in [2.24, 2.45) is 0 Å². The number of nitrogens with one attached hydrogen (secondary N) is 1. The Morgan fingerprint density at radius 1 is 0.867 bits per heavy atom. The van der Waals surface area contributed by atoms with Crippen molar-refractivity contribution in [2.75, 3.05) is 5.32 Å². The van der Waals surface area contributed by atoms with E-state index in [0.717, 1.165) is 6.07 Å². The number of nitro groups is 1. The second-order valence-electron chi connectivity index (χ2n) is 6.12. The molecule has 0 heterocycles. The fourth-order valence-corrected chi connectivity index (χ4v) is 3.96. The van der Waals surface area contributed by atoms with Gasteiger partial charge < -0.3 is 10.4 Å². The molecule has 0 fully saturated rings. The molecule has 3 aromatic carbocycles. The Morgan fingerprint density at radius 2 is 1.40 bits per heavy atom. The number of amides is 1. The van der Waals surface area contributed by atoms with E-state index in [-0.39, 0.29) is 26.6 Å². The van der Waals surface area contributed by atoms with E-state index in [0.29, 0.717) is 5.69 Å². The summed E-state index contributed by atoms with van der Waals surface area (Å²) in [7, 11) is -4.06. The summed E-state index contributed by atoms with van der Waals surface area (Å²) < 4.78 is 25.7. The summed E-state index contributed by atoms with van der Waals surface area (Å²) in [5.41, 5.74) is 0.0321. The lowest BCUT2D eigenvalue weighted by Gasteiger charge is -2.09. The van der Waals surface area contributed by atoms with E-state index in [9.17, 15) is 28.1 Å². The Hall–Kier alpha value is -4.05. The minimum absolute atomic E-state index is 0.0452. The van der Waals surface area contributed by atoms with Gasteiger partial charge in [-0.1, -0.05) is 12.1 Å². The monoisotopic (exact) mass is 426 g/mol. The predicted molar refractivity (Wildman–Crippen MR) is 106 cm³/mol. The summed E-state index contributed by atoms with van der Waals surface area (Å²) in [6.07, 6.45) is 0. The van der Waals surface area contributed by atoms with Crippen LogP contribution < -0.4 is 5.32 Å². The Kier molecular flexibility index (Phi) is 5.61. The molecule has 30 heavy (non-hydrogen) atoms.